The molecule has 0 bridgehead atoms. The maximum Gasteiger partial charge on any atom is 0.249 e. The fourth-order valence-electron chi connectivity index (χ4n) is 2.08. The molecule has 0 heterocycles. The van der Waals surface area contributed by atoms with Crippen LogP contribution in [0.25, 0.3) is 0 Å². The molecule has 0 atom stereocenters. The van der Waals surface area contributed by atoms with Crippen LogP contribution in [0.15, 0.2) is 59.7 Å². The number of ether oxygens (including phenoxy) is 1. The van der Waals surface area contributed by atoms with Crippen LogP contribution in [0.4, 0.5) is 5.69 Å². The van der Waals surface area contributed by atoms with Crippen molar-refractivity contribution in [3.63, 3.8) is 0 Å². The van der Waals surface area contributed by atoms with Gasteiger partial charge in [-0.15, -0.1) is 0 Å². The van der Waals surface area contributed by atoms with Gasteiger partial charge >= 0.3 is 0 Å². The van der Waals surface area contributed by atoms with Gasteiger partial charge in [-0.05, 0) is 48.4 Å². The van der Waals surface area contributed by atoms with Crippen LogP contribution in [-0.2, 0) is 9.59 Å². The Labute approximate surface area is 153 Å². The van der Waals surface area contributed by atoms with E-state index < -0.39 is 11.8 Å². The van der Waals surface area contributed by atoms with E-state index in [1.807, 2.05) is 30.3 Å². The first kappa shape index (κ1) is 19.2. The molecule has 0 aliphatic carbocycles. The molecule has 0 spiro atoms. The molecule has 6 nitrogen and oxygen atoms in total. The number of benzene rings is 2. The molecule has 2 rings (SSSR count). The number of carbonyl (C=O) groups is 2. The van der Waals surface area contributed by atoms with Gasteiger partial charge in [0.05, 0.1) is 12.8 Å². The summed E-state index contributed by atoms with van der Waals surface area (Å²) < 4.78 is 5.58. The van der Waals surface area contributed by atoms with Crippen LogP contribution in [0.2, 0.25) is 0 Å². The molecule has 0 aliphatic rings. The van der Waals surface area contributed by atoms with Crippen molar-refractivity contribution < 1.29 is 14.3 Å². The highest BCUT2D eigenvalue weighted by atomic mass is 16.5. The van der Waals surface area contributed by atoms with Crippen molar-refractivity contribution >= 4 is 23.7 Å². The second-order valence-electron chi connectivity index (χ2n) is 5.66. The minimum absolute atomic E-state index is 0.295. The molecule has 0 fully saturated rings. The third kappa shape index (κ3) is 7.17. The molecule has 0 unspecified atom stereocenters. The van der Waals surface area contributed by atoms with E-state index in [4.69, 9.17) is 4.74 Å². The summed E-state index contributed by atoms with van der Waals surface area (Å²) in [5, 5.41) is 6.50. The van der Waals surface area contributed by atoms with Gasteiger partial charge in [0.2, 0.25) is 11.8 Å². The van der Waals surface area contributed by atoms with E-state index in [0.29, 0.717) is 12.3 Å². The van der Waals surface area contributed by atoms with Crippen LogP contribution in [0.3, 0.4) is 0 Å². The Balaban J connectivity index is 1.73. The fourth-order valence-corrected chi connectivity index (χ4v) is 2.08. The Morgan fingerprint density at radius 2 is 1.77 bits per heavy atom. The number of hydrogen-bond donors (Lipinski definition) is 2. The van der Waals surface area contributed by atoms with Crippen LogP contribution in [0.5, 0.6) is 5.75 Å². The summed E-state index contributed by atoms with van der Waals surface area (Å²) in [6.07, 6.45) is 3.33. The van der Waals surface area contributed by atoms with Gasteiger partial charge in [-0.2, -0.15) is 5.10 Å². The van der Waals surface area contributed by atoms with Crippen molar-refractivity contribution in [2.24, 2.45) is 5.10 Å². The van der Waals surface area contributed by atoms with Gasteiger partial charge in [-0.3, -0.25) is 9.59 Å². The average Bonchev–Trinajstić information content (AvgIpc) is 2.64. The second kappa shape index (κ2) is 10.7. The molecule has 2 aromatic rings. The molecule has 0 saturated heterocycles. The highest BCUT2D eigenvalue weighted by Gasteiger charge is 2.08. The van der Waals surface area contributed by atoms with E-state index in [1.54, 1.807) is 24.3 Å². The highest BCUT2D eigenvalue weighted by molar-refractivity contribution is 6.03. The van der Waals surface area contributed by atoms with Crippen molar-refractivity contribution in [2.75, 3.05) is 11.9 Å². The lowest BCUT2D eigenvalue weighted by Gasteiger charge is -2.05. The van der Waals surface area contributed by atoms with Crippen molar-refractivity contribution in [3.05, 3.63) is 60.2 Å². The zero-order valence-electron chi connectivity index (χ0n) is 14.8. The summed E-state index contributed by atoms with van der Waals surface area (Å²) >= 11 is 0. The van der Waals surface area contributed by atoms with Crippen LogP contribution in [0.1, 0.15) is 31.7 Å². The number of hydrazone groups is 1. The Morgan fingerprint density at radius 1 is 1.04 bits per heavy atom. The summed E-state index contributed by atoms with van der Waals surface area (Å²) in [7, 11) is 0. The first-order valence-corrected chi connectivity index (χ1v) is 8.57. The van der Waals surface area contributed by atoms with Crippen LogP contribution in [-0.4, -0.2) is 24.6 Å². The van der Waals surface area contributed by atoms with E-state index in [2.05, 4.69) is 22.8 Å². The number of amides is 2. The summed E-state index contributed by atoms with van der Waals surface area (Å²) in [6.45, 7) is 2.81. The van der Waals surface area contributed by atoms with Gasteiger partial charge in [0.15, 0.2) is 0 Å². The van der Waals surface area contributed by atoms with Crippen molar-refractivity contribution in [3.8, 4) is 5.75 Å². The van der Waals surface area contributed by atoms with Crippen LogP contribution < -0.4 is 15.5 Å². The molecule has 2 amide bonds. The smallest absolute Gasteiger partial charge is 0.249 e. The topological polar surface area (TPSA) is 79.8 Å². The van der Waals surface area contributed by atoms with Crippen LogP contribution in [0, 0.1) is 0 Å². The van der Waals surface area contributed by atoms with Crippen molar-refractivity contribution in [2.45, 2.75) is 26.2 Å². The number of para-hydroxylation sites is 1. The minimum atomic E-state index is -0.478. The second-order valence-corrected chi connectivity index (χ2v) is 5.66. The predicted molar refractivity (Wildman–Crippen MR) is 102 cm³/mol. The lowest BCUT2D eigenvalue weighted by molar-refractivity contribution is -0.126. The van der Waals surface area contributed by atoms with Gasteiger partial charge in [-0.25, -0.2) is 5.43 Å². The summed E-state index contributed by atoms with van der Waals surface area (Å²) in [4.78, 5) is 23.5. The number of nitrogens with zero attached hydrogens (tertiary/aromatic N) is 1. The van der Waals surface area contributed by atoms with Gasteiger partial charge < -0.3 is 10.1 Å². The number of unbranched alkanes of at least 4 members (excludes halogenated alkanes) is 1. The first-order valence-electron chi connectivity index (χ1n) is 8.57. The third-order valence-electron chi connectivity index (χ3n) is 3.43. The van der Waals surface area contributed by atoms with Crippen LogP contribution >= 0.6 is 0 Å². The number of rotatable bonds is 9. The molecule has 26 heavy (non-hydrogen) atoms. The number of nitrogens with one attached hydrogen (secondary N) is 2. The zero-order chi connectivity index (χ0) is 18.6. The summed E-state index contributed by atoms with van der Waals surface area (Å²) in [5.74, 6) is -0.0658. The van der Waals surface area contributed by atoms with E-state index >= 15 is 0 Å². The van der Waals surface area contributed by atoms with E-state index in [1.165, 1.54) is 6.21 Å². The van der Waals surface area contributed by atoms with Gasteiger partial charge in [0.1, 0.15) is 12.2 Å². The quantitative estimate of drug-likeness (QED) is 0.314. The molecule has 0 aromatic heterocycles. The first-order chi connectivity index (χ1) is 12.7. The molecule has 0 saturated carbocycles. The zero-order valence-corrected chi connectivity index (χ0v) is 14.8. The number of carbonyl (C=O) groups excluding carboxylic acids is 2. The van der Waals surface area contributed by atoms with Gasteiger partial charge in [0, 0.05) is 5.69 Å². The summed E-state index contributed by atoms with van der Waals surface area (Å²) in [5.41, 5.74) is 3.81. The number of hydrogen-bond acceptors (Lipinski definition) is 4. The van der Waals surface area contributed by atoms with E-state index in [-0.39, 0.29) is 6.42 Å². The molecule has 0 aliphatic heterocycles. The lowest BCUT2D eigenvalue weighted by atomic mass is 10.2. The third-order valence-corrected chi connectivity index (χ3v) is 3.43. The van der Waals surface area contributed by atoms with Gasteiger partial charge in [-0.1, -0.05) is 31.5 Å². The maximum atomic E-state index is 11.8. The Kier molecular flexibility index (Phi) is 7.86. The molecule has 2 N–H and O–H groups in total. The number of anilines is 1. The average molecular weight is 353 g/mol. The molecule has 2 aromatic carbocycles. The van der Waals surface area contributed by atoms with Crippen molar-refractivity contribution in [1.82, 2.24) is 5.43 Å². The van der Waals surface area contributed by atoms with Gasteiger partial charge in [0.25, 0.3) is 0 Å². The normalized spacial score (nSPS) is 10.5. The Morgan fingerprint density at radius 3 is 2.46 bits per heavy atom. The summed E-state index contributed by atoms with van der Waals surface area (Å²) in [6, 6.07) is 16.4. The molecule has 136 valence electrons. The molecular formula is C20H23N3O3. The predicted octanol–water partition coefficient (Wildman–Crippen LogP) is 3.34. The monoisotopic (exact) mass is 353 g/mol. The van der Waals surface area contributed by atoms with E-state index in [0.717, 1.165) is 24.2 Å². The largest absolute Gasteiger partial charge is 0.494 e. The lowest BCUT2D eigenvalue weighted by Crippen LogP contribution is -2.24. The Bertz CT molecular complexity index is 728. The maximum absolute atomic E-state index is 11.8. The molecule has 0 radical (unpaired) electrons. The van der Waals surface area contributed by atoms with E-state index in [9.17, 15) is 9.59 Å². The SMILES string of the molecule is CCCCOc1ccc(C=NNC(=O)CC(=O)Nc2ccccc2)cc1. The molecule has 6 heteroatoms. The Hall–Kier alpha value is -3.15. The van der Waals surface area contributed by atoms with Crippen molar-refractivity contribution in [1.29, 1.82) is 0 Å². The minimum Gasteiger partial charge on any atom is -0.494 e. The molecular weight excluding hydrogens is 330 g/mol. The fraction of sp³-hybridized carbons (Fsp3) is 0.250. The highest BCUT2D eigenvalue weighted by Crippen LogP contribution is 2.11. The standard InChI is InChI=1S/C20H23N3O3/c1-2-3-13-26-18-11-9-16(10-12-18)15-21-23-20(25)14-19(24)22-17-7-5-4-6-8-17/h4-12,15H,2-3,13-14H2,1H3,(H,22,24)(H,23,25).